The highest BCUT2D eigenvalue weighted by molar-refractivity contribution is 5.94. The molecule has 2 saturated heterocycles. The van der Waals surface area contributed by atoms with Gasteiger partial charge >= 0.3 is 0 Å². The zero-order valence-electron chi connectivity index (χ0n) is 17.0. The summed E-state index contributed by atoms with van der Waals surface area (Å²) in [6, 6.07) is 19.8. The Balaban J connectivity index is 1.30. The van der Waals surface area contributed by atoms with Crippen LogP contribution in [-0.2, 0) is 4.79 Å². The Morgan fingerprint density at radius 1 is 0.931 bits per heavy atom. The molecular formula is C24H29N3O2. The monoisotopic (exact) mass is 391 g/mol. The van der Waals surface area contributed by atoms with Gasteiger partial charge in [0.15, 0.2) is 0 Å². The molecule has 5 nitrogen and oxygen atoms in total. The lowest BCUT2D eigenvalue weighted by molar-refractivity contribution is -0.119. The van der Waals surface area contributed by atoms with Crippen molar-refractivity contribution in [3.63, 3.8) is 0 Å². The third-order valence-electron chi connectivity index (χ3n) is 6.18. The lowest BCUT2D eigenvalue weighted by Crippen LogP contribution is -2.35. The van der Waals surface area contributed by atoms with Gasteiger partial charge in [-0.25, -0.2) is 0 Å². The van der Waals surface area contributed by atoms with Crippen LogP contribution in [0.3, 0.4) is 0 Å². The zero-order valence-corrected chi connectivity index (χ0v) is 17.0. The van der Waals surface area contributed by atoms with E-state index in [1.807, 2.05) is 53.4 Å². The smallest absolute Gasteiger partial charge is 0.253 e. The average Bonchev–Trinajstić information content (AvgIpc) is 3.30. The van der Waals surface area contributed by atoms with E-state index in [1.54, 1.807) is 6.92 Å². The summed E-state index contributed by atoms with van der Waals surface area (Å²) < 4.78 is 0. The molecule has 0 unspecified atom stereocenters. The fourth-order valence-electron chi connectivity index (χ4n) is 4.77. The molecule has 152 valence electrons. The van der Waals surface area contributed by atoms with Gasteiger partial charge in [-0.1, -0.05) is 48.5 Å². The van der Waals surface area contributed by atoms with Crippen LogP contribution in [-0.4, -0.2) is 54.3 Å². The molecule has 4 rings (SSSR count). The predicted molar refractivity (Wildman–Crippen MR) is 113 cm³/mol. The molecule has 0 saturated carbocycles. The number of fused-ring (bicyclic) bond motifs is 1. The molecule has 2 aromatic rings. The SMILES string of the molecule is CC(=O)N[C@@H](CCN1C[C@@H]2CN(C(=O)c3ccccc3)C[C@@H]2C1)c1ccccc1. The Bertz CT molecular complexity index is 826. The van der Waals surface area contributed by atoms with Gasteiger partial charge in [-0.2, -0.15) is 0 Å². The molecule has 2 fully saturated rings. The van der Waals surface area contributed by atoms with Crippen molar-refractivity contribution < 1.29 is 9.59 Å². The first kappa shape index (κ1) is 19.6. The molecule has 2 heterocycles. The molecule has 2 aliphatic rings. The number of likely N-dealkylation sites (tertiary alicyclic amines) is 2. The highest BCUT2D eigenvalue weighted by atomic mass is 16.2. The standard InChI is InChI=1S/C24H29N3O2/c1-18(28)25-23(19-8-4-2-5-9-19)12-13-26-14-21-16-27(17-22(21)15-26)24(29)20-10-6-3-7-11-20/h2-11,21-23H,12-17H2,1H3,(H,25,28)/t21-,22+,23-/m0/s1. The van der Waals surface area contributed by atoms with E-state index in [0.29, 0.717) is 11.8 Å². The number of amides is 2. The minimum absolute atomic E-state index is 0.00668. The number of rotatable bonds is 6. The summed E-state index contributed by atoms with van der Waals surface area (Å²) in [7, 11) is 0. The molecule has 29 heavy (non-hydrogen) atoms. The second-order valence-corrected chi connectivity index (χ2v) is 8.31. The van der Waals surface area contributed by atoms with Crippen molar-refractivity contribution in [1.82, 2.24) is 15.1 Å². The van der Waals surface area contributed by atoms with Gasteiger partial charge in [-0.3, -0.25) is 9.59 Å². The summed E-state index contributed by atoms with van der Waals surface area (Å²) in [6.45, 7) is 6.30. The molecule has 0 aromatic heterocycles. The van der Waals surface area contributed by atoms with Gasteiger partial charge in [-0.15, -0.1) is 0 Å². The molecule has 0 radical (unpaired) electrons. The zero-order chi connectivity index (χ0) is 20.2. The van der Waals surface area contributed by atoms with Gasteiger partial charge in [0.05, 0.1) is 6.04 Å². The maximum Gasteiger partial charge on any atom is 0.253 e. The number of hydrogen-bond donors (Lipinski definition) is 1. The van der Waals surface area contributed by atoms with Gasteiger partial charge in [0, 0.05) is 45.2 Å². The van der Waals surface area contributed by atoms with E-state index >= 15 is 0 Å². The van der Waals surface area contributed by atoms with Crippen LogP contribution in [0, 0.1) is 11.8 Å². The number of benzene rings is 2. The second-order valence-electron chi connectivity index (χ2n) is 8.31. The highest BCUT2D eigenvalue weighted by Crippen LogP contribution is 2.32. The van der Waals surface area contributed by atoms with Crippen LogP contribution in [0.1, 0.15) is 35.3 Å². The highest BCUT2D eigenvalue weighted by Gasteiger charge is 2.41. The van der Waals surface area contributed by atoms with Crippen molar-refractivity contribution in [3.8, 4) is 0 Å². The maximum absolute atomic E-state index is 12.7. The van der Waals surface area contributed by atoms with Crippen LogP contribution in [0.15, 0.2) is 60.7 Å². The van der Waals surface area contributed by atoms with Crippen molar-refractivity contribution in [2.24, 2.45) is 11.8 Å². The predicted octanol–water partition coefficient (Wildman–Crippen LogP) is 2.96. The summed E-state index contributed by atoms with van der Waals surface area (Å²) in [5.74, 6) is 1.27. The maximum atomic E-state index is 12.7. The third kappa shape index (κ3) is 4.67. The van der Waals surface area contributed by atoms with E-state index in [-0.39, 0.29) is 17.9 Å². The van der Waals surface area contributed by atoms with Crippen LogP contribution in [0.25, 0.3) is 0 Å². The number of nitrogens with zero attached hydrogens (tertiary/aromatic N) is 2. The van der Waals surface area contributed by atoms with Gasteiger partial charge < -0.3 is 15.1 Å². The Morgan fingerprint density at radius 3 is 2.10 bits per heavy atom. The van der Waals surface area contributed by atoms with Crippen LogP contribution < -0.4 is 5.32 Å². The van der Waals surface area contributed by atoms with Crippen LogP contribution in [0.5, 0.6) is 0 Å². The summed E-state index contributed by atoms with van der Waals surface area (Å²) in [4.78, 5) is 28.9. The van der Waals surface area contributed by atoms with E-state index in [0.717, 1.165) is 50.3 Å². The van der Waals surface area contributed by atoms with E-state index in [2.05, 4.69) is 22.3 Å². The molecule has 2 aromatic carbocycles. The third-order valence-corrected chi connectivity index (χ3v) is 6.18. The second kappa shape index (κ2) is 8.78. The van der Waals surface area contributed by atoms with E-state index < -0.39 is 0 Å². The first-order chi connectivity index (χ1) is 14.1. The molecule has 2 amide bonds. The lowest BCUT2D eigenvalue weighted by Gasteiger charge is -2.24. The fourth-order valence-corrected chi connectivity index (χ4v) is 4.77. The Hall–Kier alpha value is -2.66. The number of nitrogens with one attached hydrogen (secondary N) is 1. The first-order valence-electron chi connectivity index (χ1n) is 10.5. The molecule has 0 bridgehead atoms. The van der Waals surface area contributed by atoms with Gasteiger partial charge in [-0.05, 0) is 36.0 Å². The summed E-state index contributed by atoms with van der Waals surface area (Å²) in [6.07, 6.45) is 0.899. The molecule has 2 aliphatic heterocycles. The average molecular weight is 392 g/mol. The van der Waals surface area contributed by atoms with E-state index in [1.165, 1.54) is 0 Å². The topological polar surface area (TPSA) is 52.7 Å². The Morgan fingerprint density at radius 2 is 1.52 bits per heavy atom. The number of carbonyl (C=O) groups excluding carboxylic acids is 2. The van der Waals surface area contributed by atoms with E-state index in [4.69, 9.17) is 0 Å². The quantitative estimate of drug-likeness (QED) is 0.824. The normalized spacial score (nSPS) is 22.3. The van der Waals surface area contributed by atoms with Crippen molar-refractivity contribution >= 4 is 11.8 Å². The van der Waals surface area contributed by atoms with Crippen molar-refractivity contribution in [1.29, 1.82) is 0 Å². The molecule has 1 N–H and O–H groups in total. The van der Waals surface area contributed by atoms with Gasteiger partial charge in [0.1, 0.15) is 0 Å². The van der Waals surface area contributed by atoms with Crippen molar-refractivity contribution in [2.45, 2.75) is 19.4 Å². The molecule has 0 spiro atoms. The Labute approximate surface area is 172 Å². The minimum atomic E-state index is 0.00668. The number of carbonyl (C=O) groups is 2. The lowest BCUT2D eigenvalue weighted by atomic mass is 10.0. The Kier molecular flexibility index (Phi) is 5.95. The molecule has 0 aliphatic carbocycles. The first-order valence-corrected chi connectivity index (χ1v) is 10.5. The summed E-state index contributed by atoms with van der Waals surface area (Å²) in [5.41, 5.74) is 1.94. The molecular weight excluding hydrogens is 362 g/mol. The van der Waals surface area contributed by atoms with Gasteiger partial charge in [0.25, 0.3) is 5.91 Å². The van der Waals surface area contributed by atoms with Crippen molar-refractivity contribution in [2.75, 3.05) is 32.7 Å². The molecule has 3 atom stereocenters. The number of hydrogen-bond acceptors (Lipinski definition) is 3. The summed E-state index contributed by atoms with van der Waals surface area (Å²) in [5, 5.41) is 3.09. The largest absolute Gasteiger partial charge is 0.349 e. The van der Waals surface area contributed by atoms with Crippen molar-refractivity contribution in [3.05, 3.63) is 71.8 Å². The minimum Gasteiger partial charge on any atom is -0.349 e. The fraction of sp³-hybridized carbons (Fsp3) is 0.417. The van der Waals surface area contributed by atoms with Crippen LogP contribution in [0.4, 0.5) is 0 Å². The van der Waals surface area contributed by atoms with Crippen LogP contribution >= 0.6 is 0 Å². The summed E-state index contributed by atoms with van der Waals surface area (Å²) >= 11 is 0. The van der Waals surface area contributed by atoms with E-state index in [9.17, 15) is 9.59 Å². The van der Waals surface area contributed by atoms with Crippen LogP contribution in [0.2, 0.25) is 0 Å². The molecule has 5 heteroatoms. The van der Waals surface area contributed by atoms with Gasteiger partial charge in [0.2, 0.25) is 5.91 Å².